The monoisotopic (exact) mass is 394 g/mol. The van der Waals surface area contributed by atoms with Crippen LogP contribution in [0.15, 0.2) is 53.0 Å². The van der Waals surface area contributed by atoms with Crippen molar-refractivity contribution in [1.29, 1.82) is 0 Å². The molecule has 0 saturated carbocycles. The van der Waals surface area contributed by atoms with Gasteiger partial charge in [0.15, 0.2) is 0 Å². The summed E-state index contributed by atoms with van der Waals surface area (Å²) in [6.45, 7) is 5.93. The quantitative estimate of drug-likeness (QED) is 0.774. The Morgan fingerprint density at radius 3 is 2.30 bits per heavy atom. The molecule has 0 amide bonds. The smallest absolute Gasteiger partial charge is 0.100 e. The standard InChI is InChI=1S/C18H23BrN2OS/c1-18(2,3)23(22)21(4)17(13-8-6-5-7-9-13)15-12-14(19)10-11-16(15)20/h5-12,17H,20H2,1-4H3/t17-,23-/m1/s1. The Balaban J connectivity index is 2.57. The molecule has 0 aliphatic carbocycles. The van der Waals surface area contributed by atoms with Crippen LogP contribution in [0.3, 0.4) is 0 Å². The molecular formula is C18H23BrN2OS. The number of hydrogen-bond acceptors (Lipinski definition) is 2. The first-order valence-corrected chi connectivity index (χ1v) is 9.36. The maximum absolute atomic E-state index is 12.9. The second-order valence-electron chi connectivity index (χ2n) is 6.49. The fraction of sp³-hybridized carbons (Fsp3) is 0.333. The van der Waals surface area contributed by atoms with E-state index in [-0.39, 0.29) is 10.8 Å². The van der Waals surface area contributed by atoms with E-state index in [1.807, 2.05) is 80.7 Å². The summed E-state index contributed by atoms with van der Waals surface area (Å²) in [4.78, 5) is 0. The van der Waals surface area contributed by atoms with Gasteiger partial charge in [0.25, 0.3) is 0 Å². The average molecular weight is 395 g/mol. The molecule has 2 aromatic rings. The highest BCUT2D eigenvalue weighted by atomic mass is 79.9. The zero-order chi connectivity index (χ0) is 17.2. The van der Waals surface area contributed by atoms with Crippen LogP contribution < -0.4 is 5.73 Å². The highest BCUT2D eigenvalue weighted by Gasteiger charge is 2.31. The van der Waals surface area contributed by atoms with Crippen LogP contribution in [0.4, 0.5) is 5.69 Å². The van der Waals surface area contributed by atoms with Gasteiger partial charge in [0, 0.05) is 17.2 Å². The summed E-state index contributed by atoms with van der Waals surface area (Å²) in [5.41, 5.74) is 8.94. The average Bonchev–Trinajstić information content (AvgIpc) is 2.50. The molecular weight excluding hydrogens is 372 g/mol. The van der Waals surface area contributed by atoms with Crippen molar-refractivity contribution in [2.75, 3.05) is 12.8 Å². The Morgan fingerprint density at radius 1 is 1.13 bits per heavy atom. The second-order valence-corrected chi connectivity index (χ2v) is 9.71. The van der Waals surface area contributed by atoms with Gasteiger partial charge in [-0.25, -0.2) is 8.51 Å². The molecule has 0 unspecified atom stereocenters. The Bertz CT molecular complexity index is 698. The number of rotatable bonds is 4. The van der Waals surface area contributed by atoms with Gasteiger partial charge in [-0.1, -0.05) is 46.3 Å². The van der Waals surface area contributed by atoms with Gasteiger partial charge in [0.05, 0.1) is 10.8 Å². The van der Waals surface area contributed by atoms with Gasteiger partial charge < -0.3 is 5.73 Å². The number of benzene rings is 2. The molecule has 0 fully saturated rings. The fourth-order valence-electron chi connectivity index (χ4n) is 2.53. The molecule has 0 saturated heterocycles. The molecule has 23 heavy (non-hydrogen) atoms. The molecule has 0 aliphatic rings. The zero-order valence-electron chi connectivity index (χ0n) is 13.9. The minimum atomic E-state index is -1.17. The van der Waals surface area contributed by atoms with Crippen molar-refractivity contribution in [2.24, 2.45) is 0 Å². The molecule has 0 heterocycles. The summed E-state index contributed by atoms with van der Waals surface area (Å²) in [7, 11) is 0.723. The fourth-order valence-corrected chi connectivity index (χ4v) is 4.20. The van der Waals surface area contributed by atoms with Crippen LogP contribution in [0, 0.1) is 0 Å². The lowest BCUT2D eigenvalue weighted by Gasteiger charge is -2.33. The summed E-state index contributed by atoms with van der Waals surface area (Å²) < 4.78 is 15.4. The van der Waals surface area contributed by atoms with E-state index in [4.69, 9.17) is 5.73 Å². The highest BCUT2D eigenvalue weighted by molar-refractivity contribution is 9.10. The molecule has 3 nitrogen and oxygen atoms in total. The van der Waals surface area contributed by atoms with Gasteiger partial charge in [-0.05, 0) is 50.1 Å². The zero-order valence-corrected chi connectivity index (χ0v) is 16.3. The van der Waals surface area contributed by atoms with Gasteiger partial charge >= 0.3 is 0 Å². The number of halogens is 1. The lowest BCUT2D eigenvalue weighted by atomic mass is 9.97. The summed E-state index contributed by atoms with van der Waals surface area (Å²) in [6, 6.07) is 15.7. The predicted octanol–water partition coefficient (Wildman–Crippen LogP) is 4.51. The third kappa shape index (κ3) is 4.22. The summed E-state index contributed by atoms with van der Waals surface area (Å²) in [5.74, 6) is 0. The van der Waals surface area contributed by atoms with Gasteiger partial charge in [0.2, 0.25) is 0 Å². The SMILES string of the molecule is CN([C@H](c1ccccc1)c1cc(Br)ccc1N)[S@](=O)C(C)(C)C. The van der Waals surface area contributed by atoms with E-state index < -0.39 is 11.0 Å². The van der Waals surface area contributed by atoms with Crippen molar-refractivity contribution in [3.8, 4) is 0 Å². The van der Waals surface area contributed by atoms with E-state index in [1.54, 1.807) is 0 Å². The van der Waals surface area contributed by atoms with E-state index in [0.29, 0.717) is 5.69 Å². The van der Waals surface area contributed by atoms with Gasteiger partial charge in [-0.2, -0.15) is 0 Å². The number of anilines is 1. The molecule has 2 aromatic carbocycles. The molecule has 5 heteroatoms. The Labute approximate surface area is 149 Å². The largest absolute Gasteiger partial charge is 0.398 e. The number of nitrogens with two attached hydrogens (primary N) is 1. The number of nitrogen functional groups attached to an aromatic ring is 1. The molecule has 0 bridgehead atoms. The molecule has 0 radical (unpaired) electrons. The van der Waals surface area contributed by atoms with Crippen LogP contribution in [0.2, 0.25) is 0 Å². The van der Waals surface area contributed by atoms with Crippen molar-refractivity contribution in [3.63, 3.8) is 0 Å². The minimum Gasteiger partial charge on any atom is -0.398 e. The first kappa shape index (κ1) is 18.2. The van der Waals surface area contributed by atoms with Crippen LogP contribution in [0.5, 0.6) is 0 Å². The molecule has 124 valence electrons. The first-order valence-electron chi connectivity index (χ1n) is 7.46. The molecule has 2 N–H and O–H groups in total. The van der Waals surface area contributed by atoms with Crippen LogP contribution in [0.25, 0.3) is 0 Å². The normalized spacial score (nSPS) is 14.7. The lowest BCUT2D eigenvalue weighted by molar-refractivity contribution is 0.440. The minimum absolute atomic E-state index is 0.172. The maximum atomic E-state index is 12.9. The van der Waals surface area contributed by atoms with Crippen LogP contribution >= 0.6 is 15.9 Å². The lowest BCUT2D eigenvalue weighted by Crippen LogP contribution is -2.38. The van der Waals surface area contributed by atoms with Gasteiger partial charge in [-0.15, -0.1) is 0 Å². The van der Waals surface area contributed by atoms with Crippen molar-refractivity contribution in [1.82, 2.24) is 4.31 Å². The Kier molecular flexibility index (Phi) is 5.65. The van der Waals surface area contributed by atoms with Gasteiger partial charge in [-0.3, -0.25) is 0 Å². The number of hydrogen-bond donors (Lipinski definition) is 1. The third-order valence-corrected chi connectivity index (χ3v) is 5.88. The summed E-state index contributed by atoms with van der Waals surface area (Å²) in [5, 5.41) is 0. The topological polar surface area (TPSA) is 46.3 Å². The van der Waals surface area contributed by atoms with Crippen molar-refractivity contribution in [2.45, 2.75) is 31.6 Å². The van der Waals surface area contributed by atoms with E-state index in [9.17, 15) is 4.21 Å². The molecule has 0 aromatic heterocycles. The maximum Gasteiger partial charge on any atom is 0.100 e. The van der Waals surface area contributed by atoms with E-state index in [0.717, 1.165) is 15.6 Å². The van der Waals surface area contributed by atoms with Crippen LogP contribution in [0.1, 0.15) is 37.9 Å². The molecule has 2 rings (SSSR count). The molecule has 0 aliphatic heterocycles. The predicted molar refractivity (Wildman–Crippen MR) is 102 cm³/mol. The Morgan fingerprint density at radius 2 is 1.74 bits per heavy atom. The van der Waals surface area contributed by atoms with E-state index >= 15 is 0 Å². The molecule has 2 atom stereocenters. The van der Waals surface area contributed by atoms with Gasteiger partial charge in [0.1, 0.15) is 11.0 Å². The van der Waals surface area contributed by atoms with E-state index in [2.05, 4.69) is 15.9 Å². The van der Waals surface area contributed by atoms with Crippen molar-refractivity contribution < 1.29 is 4.21 Å². The van der Waals surface area contributed by atoms with E-state index in [1.165, 1.54) is 0 Å². The molecule has 0 spiro atoms. The van der Waals surface area contributed by atoms with Crippen LogP contribution in [-0.2, 0) is 11.0 Å². The first-order chi connectivity index (χ1) is 10.7. The second kappa shape index (κ2) is 7.16. The summed E-state index contributed by atoms with van der Waals surface area (Å²) >= 11 is 3.51. The van der Waals surface area contributed by atoms with Crippen molar-refractivity contribution in [3.05, 3.63) is 64.1 Å². The summed E-state index contributed by atoms with van der Waals surface area (Å²) in [6.07, 6.45) is 0. The van der Waals surface area contributed by atoms with Crippen molar-refractivity contribution >= 4 is 32.6 Å². The Hall–Kier alpha value is -1.17. The number of nitrogens with zero attached hydrogens (tertiary/aromatic N) is 1. The third-order valence-electron chi connectivity index (χ3n) is 3.61. The van der Waals surface area contributed by atoms with Crippen LogP contribution in [-0.4, -0.2) is 20.3 Å². The highest BCUT2D eigenvalue weighted by Crippen LogP contribution is 2.35.